The Kier molecular flexibility index (Phi) is 4.89. The third-order valence-corrected chi connectivity index (χ3v) is 4.38. The van der Waals surface area contributed by atoms with Crippen LogP contribution in [0.25, 0.3) is 0 Å². The average molecular weight is 284 g/mol. The van der Waals surface area contributed by atoms with Crippen LogP contribution in [0.15, 0.2) is 54.6 Å². The van der Waals surface area contributed by atoms with Crippen LogP contribution < -0.4 is 0 Å². The topological polar surface area (TPSA) is 17.1 Å². The lowest BCUT2D eigenvalue weighted by Crippen LogP contribution is -2.36. The lowest BCUT2D eigenvalue weighted by molar-refractivity contribution is -0.124. The van der Waals surface area contributed by atoms with Crippen LogP contribution in [-0.4, -0.2) is 5.78 Å². The second-order valence-corrected chi connectivity index (χ2v) is 5.35. The third-order valence-electron chi connectivity index (χ3n) is 4.38. The molecule has 0 aromatic heterocycles. The molecule has 2 aromatic carbocycles. The van der Waals surface area contributed by atoms with Crippen LogP contribution in [0.5, 0.6) is 0 Å². The fraction of sp³-hybridized carbons (Fsp3) is 0.316. The molecule has 0 fully saturated rings. The summed E-state index contributed by atoms with van der Waals surface area (Å²) in [5.41, 5.74) is 0.977. The number of carbonyl (C=O) groups is 1. The molecule has 0 aliphatic heterocycles. The minimum Gasteiger partial charge on any atom is -0.298 e. The molecule has 0 atom stereocenters. The zero-order chi connectivity index (χ0) is 15.3. The van der Waals surface area contributed by atoms with Crippen LogP contribution in [-0.2, 0) is 16.6 Å². The fourth-order valence-electron chi connectivity index (χ4n) is 2.95. The highest BCUT2D eigenvalue weighted by molar-refractivity contribution is 5.91. The van der Waals surface area contributed by atoms with Gasteiger partial charge in [-0.2, -0.15) is 0 Å². The lowest BCUT2D eigenvalue weighted by Gasteiger charge is -2.31. The second-order valence-electron chi connectivity index (χ2n) is 5.35. The predicted molar refractivity (Wildman–Crippen MR) is 83.8 cm³/mol. The van der Waals surface area contributed by atoms with Crippen molar-refractivity contribution in [3.8, 4) is 0 Å². The molecule has 0 heterocycles. The SMILES string of the molecule is CCC(CC)(C(=O)Cc1ccccc1F)c1ccccc1. The number of hydrogen-bond acceptors (Lipinski definition) is 1. The van der Waals surface area contributed by atoms with Gasteiger partial charge in [0.2, 0.25) is 0 Å². The van der Waals surface area contributed by atoms with Gasteiger partial charge in [0.15, 0.2) is 0 Å². The maximum atomic E-state index is 13.8. The van der Waals surface area contributed by atoms with E-state index in [1.165, 1.54) is 6.07 Å². The number of ketones is 1. The summed E-state index contributed by atoms with van der Waals surface area (Å²) in [4.78, 5) is 12.9. The smallest absolute Gasteiger partial charge is 0.147 e. The first-order valence-electron chi connectivity index (χ1n) is 7.46. The summed E-state index contributed by atoms with van der Waals surface area (Å²) < 4.78 is 13.8. The molecule has 0 bridgehead atoms. The quantitative estimate of drug-likeness (QED) is 0.751. The Hall–Kier alpha value is -1.96. The molecule has 0 saturated carbocycles. The van der Waals surface area contributed by atoms with Gasteiger partial charge in [-0.05, 0) is 30.0 Å². The van der Waals surface area contributed by atoms with E-state index in [2.05, 4.69) is 0 Å². The molecule has 0 N–H and O–H groups in total. The highest BCUT2D eigenvalue weighted by atomic mass is 19.1. The Morgan fingerprint density at radius 1 is 0.952 bits per heavy atom. The monoisotopic (exact) mass is 284 g/mol. The molecular weight excluding hydrogens is 263 g/mol. The number of halogens is 1. The zero-order valence-electron chi connectivity index (χ0n) is 12.6. The largest absolute Gasteiger partial charge is 0.298 e. The van der Waals surface area contributed by atoms with Crippen molar-refractivity contribution in [3.63, 3.8) is 0 Å². The van der Waals surface area contributed by atoms with Crippen molar-refractivity contribution in [1.29, 1.82) is 0 Å². The van der Waals surface area contributed by atoms with E-state index in [9.17, 15) is 9.18 Å². The Morgan fingerprint density at radius 2 is 1.52 bits per heavy atom. The summed E-state index contributed by atoms with van der Waals surface area (Å²) in [6.45, 7) is 4.05. The van der Waals surface area contributed by atoms with Crippen molar-refractivity contribution < 1.29 is 9.18 Å². The molecule has 0 radical (unpaired) electrons. The van der Waals surface area contributed by atoms with Crippen molar-refractivity contribution >= 4 is 5.78 Å². The maximum absolute atomic E-state index is 13.8. The minimum atomic E-state index is -0.524. The summed E-state index contributed by atoms with van der Waals surface area (Å²) in [6, 6.07) is 16.3. The van der Waals surface area contributed by atoms with Crippen molar-refractivity contribution in [2.45, 2.75) is 38.5 Å². The van der Waals surface area contributed by atoms with Crippen LogP contribution in [0.1, 0.15) is 37.8 Å². The maximum Gasteiger partial charge on any atom is 0.147 e. The first-order chi connectivity index (χ1) is 10.1. The second kappa shape index (κ2) is 6.66. The molecular formula is C19H21FO. The van der Waals surface area contributed by atoms with E-state index in [-0.39, 0.29) is 18.0 Å². The predicted octanol–water partition coefficient (Wildman–Crippen LogP) is 4.70. The Labute approximate surface area is 125 Å². The number of benzene rings is 2. The van der Waals surface area contributed by atoms with E-state index in [1.54, 1.807) is 18.2 Å². The highest BCUT2D eigenvalue weighted by Gasteiger charge is 2.36. The number of Topliss-reactive ketones (excluding diaryl/α,β-unsaturated/α-hetero) is 1. The molecule has 0 aliphatic carbocycles. The van der Waals surface area contributed by atoms with Gasteiger partial charge in [0.1, 0.15) is 11.6 Å². The first-order valence-corrected chi connectivity index (χ1v) is 7.46. The van der Waals surface area contributed by atoms with Gasteiger partial charge in [-0.25, -0.2) is 4.39 Å². The van der Waals surface area contributed by atoms with Crippen molar-refractivity contribution in [2.75, 3.05) is 0 Å². The van der Waals surface area contributed by atoms with Gasteiger partial charge < -0.3 is 0 Å². The van der Waals surface area contributed by atoms with Crippen LogP contribution in [0, 0.1) is 5.82 Å². The van der Waals surface area contributed by atoms with Crippen molar-refractivity contribution in [3.05, 3.63) is 71.5 Å². The summed E-state index contributed by atoms with van der Waals surface area (Å²) in [6.07, 6.45) is 1.59. The van der Waals surface area contributed by atoms with E-state index >= 15 is 0 Å². The molecule has 0 unspecified atom stereocenters. The van der Waals surface area contributed by atoms with Gasteiger partial charge in [-0.1, -0.05) is 62.4 Å². The van der Waals surface area contributed by atoms with E-state index < -0.39 is 5.41 Å². The van der Waals surface area contributed by atoms with Crippen molar-refractivity contribution in [2.24, 2.45) is 0 Å². The van der Waals surface area contributed by atoms with E-state index in [0.29, 0.717) is 5.56 Å². The van der Waals surface area contributed by atoms with Gasteiger partial charge in [0, 0.05) is 6.42 Å². The van der Waals surface area contributed by atoms with Crippen LogP contribution in [0.3, 0.4) is 0 Å². The van der Waals surface area contributed by atoms with E-state index in [4.69, 9.17) is 0 Å². The molecule has 2 rings (SSSR count). The molecule has 0 amide bonds. The third kappa shape index (κ3) is 3.05. The normalized spacial score (nSPS) is 11.4. The molecule has 2 heteroatoms. The standard InChI is InChI=1S/C19H21FO/c1-3-19(4-2,16-11-6-5-7-12-16)18(21)14-15-10-8-9-13-17(15)20/h5-13H,3-4,14H2,1-2H3. The summed E-state index contributed by atoms with van der Waals surface area (Å²) in [5.74, 6) is -0.219. The van der Waals surface area contributed by atoms with Gasteiger partial charge >= 0.3 is 0 Å². The first kappa shape index (κ1) is 15.4. The van der Waals surface area contributed by atoms with Gasteiger partial charge in [0.05, 0.1) is 5.41 Å². The van der Waals surface area contributed by atoms with E-state index in [1.807, 2.05) is 44.2 Å². The van der Waals surface area contributed by atoms with Crippen LogP contribution >= 0.6 is 0 Å². The number of hydrogen-bond donors (Lipinski definition) is 0. The van der Waals surface area contributed by atoms with Gasteiger partial charge in [-0.15, -0.1) is 0 Å². The average Bonchev–Trinajstić information content (AvgIpc) is 2.52. The Morgan fingerprint density at radius 3 is 2.10 bits per heavy atom. The van der Waals surface area contributed by atoms with Gasteiger partial charge in [0.25, 0.3) is 0 Å². The van der Waals surface area contributed by atoms with Gasteiger partial charge in [-0.3, -0.25) is 4.79 Å². The van der Waals surface area contributed by atoms with Crippen LogP contribution in [0.4, 0.5) is 4.39 Å². The highest BCUT2D eigenvalue weighted by Crippen LogP contribution is 2.34. The molecule has 1 nitrogen and oxygen atoms in total. The zero-order valence-corrected chi connectivity index (χ0v) is 12.6. The van der Waals surface area contributed by atoms with E-state index in [0.717, 1.165) is 18.4 Å². The molecule has 21 heavy (non-hydrogen) atoms. The molecule has 0 saturated heterocycles. The number of carbonyl (C=O) groups excluding carboxylic acids is 1. The molecule has 110 valence electrons. The number of rotatable bonds is 6. The Balaban J connectivity index is 2.35. The fourth-order valence-corrected chi connectivity index (χ4v) is 2.95. The molecule has 2 aromatic rings. The van der Waals surface area contributed by atoms with Crippen LogP contribution in [0.2, 0.25) is 0 Å². The lowest BCUT2D eigenvalue weighted by atomic mass is 9.71. The molecule has 0 spiro atoms. The Bertz CT molecular complexity index is 600. The summed E-state index contributed by atoms with van der Waals surface area (Å²) in [7, 11) is 0. The molecule has 0 aliphatic rings. The van der Waals surface area contributed by atoms with Crippen molar-refractivity contribution in [1.82, 2.24) is 0 Å². The summed E-state index contributed by atoms with van der Waals surface area (Å²) in [5, 5.41) is 0. The minimum absolute atomic E-state index is 0.0869. The summed E-state index contributed by atoms with van der Waals surface area (Å²) >= 11 is 0.